The number of non-ortho nitro benzene ring substituents is 1. The van der Waals surface area contributed by atoms with Crippen molar-refractivity contribution in [3.63, 3.8) is 0 Å². The van der Waals surface area contributed by atoms with Crippen LogP contribution in [0.2, 0.25) is 0 Å². The number of ether oxygens (including phenoxy) is 2. The van der Waals surface area contributed by atoms with Crippen LogP contribution in [0.4, 0.5) is 5.69 Å². The van der Waals surface area contributed by atoms with Gasteiger partial charge in [0.25, 0.3) is 5.69 Å². The van der Waals surface area contributed by atoms with Crippen LogP contribution >= 0.6 is 22.6 Å². The quantitative estimate of drug-likeness (QED) is 0.146. The van der Waals surface area contributed by atoms with Gasteiger partial charge in [-0.25, -0.2) is 9.79 Å². The van der Waals surface area contributed by atoms with Gasteiger partial charge in [-0.05, 0) is 88.3 Å². The van der Waals surface area contributed by atoms with Gasteiger partial charge in [0.2, 0.25) is 5.90 Å². The van der Waals surface area contributed by atoms with E-state index in [0.717, 1.165) is 20.3 Å². The average Bonchev–Trinajstić information content (AvgIpc) is 3.14. The van der Waals surface area contributed by atoms with Crippen LogP contribution in [0.5, 0.6) is 5.75 Å². The Morgan fingerprint density at radius 2 is 1.68 bits per heavy atom. The lowest BCUT2D eigenvalue weighted by molar-refractivity contribution is -0.384. The molecule has 7 nitrogen and oxygen atoms in total. The lowest BCUT2D eigenvalue weighted by Gasteiger charge is -2.06. The molecule has 0 saturated carbocycles. The van der Waals surface area contributed by atoms with Crippen molar-refractivity contribution in [1.29, 1.82) is 0 Å². The van der Waals surface area contributed by atoms with E-state index in [1.807, 2.05) is 36.4 Å². The number of carbonyl (C=O) groups is 1. The van der Waals surface area contributed by atoms with Gasteiger partial charge in [-0.1, -0.05) is 12.1 Å². The SMILES string of the molecule is O=C1OC(c2ccc(I)cc2)=N/C1=C\c1ccc(OCc2ccc([N+](=O)[O-])cc2)cc1. The number of hydrogen-bond donors (Lipinski definition) is 0. The van der Waals surface area contributed by atoms with Crippen LogP contribution in [0.25, 0.3) is 6.08 Å². The van der Waals surface area contributed by atoms with Crippen molar-refractivity contribution in [1.82, 2.24) is 0 Å². The molecular formula is C23H15IN2O5. The van der Waals surface area contributed by atoms with Crippen molar-refractivity contribution >= 4 is 46.2 Å². The summed E-state index contributed by atoms with van der Waals surface area (Å²) in [6.45, 7) is 0.286. The molecule has 0 unspecified atom stereocenters. The lowest BCUT2D eigenvalue weighted by Crippen LogP contribution is -2.05. The molecule has 4 rings (SSSR count). The smallest absolute Gasteiger partial charge is 0.363 e. The van der Waals surface area contributed by atoms with Gasteiger partial charge in [0.15, 0.2) is 5.70 Å². The number of esters is 1. The van der Waals surface area contributed by atoms with Gasteiger partial charge in [0.1, 0.15) is 12.4 Å². The molecular weight excluding hydrogens is 511 g/mol. The summed E-state index contributed by atoms with van der Waals surface area (Å²) in [7, 11) is 0. The van der Waals surface area contributed by atoms with Crippen molar-refractivity contribution in [2.75, 3.05) is 0 Å². The zero-order chi connectivity index (χ0) is 21.8. The fourth-order valence-electron chi connectivity index (χ4n) is 2.82. The van der Waals surface area contributed by atoms with Crippen molar-refractivity contribution < 1.29 is 19.2 Å². The van der Waals surface area contributed by atoms with Crippen molar-refractivity contribution in [3.8, 4) is 5.75 Å². The minimum absolute atomic E-state index is 0.0411. The largest absolute Gasteiger partial charge is 0.489 e. The molecule has 31 heavy (non-hydrogen) atoms. The molecule has 1 heterocycles. The summed E-state index contributed by atoms with van der Waals surface area (Å²) in [5.74, 6) is 0.431. The molecule has 3 aromatic rings. The Kier molecular flexibility index (Phi) is 6.08. The molecule has 154 valence electrons. The summed E-state index contributed by atoms with van der Waals surface area (Å²) in [5, 5.41) is 10.7. The number of cyclic esters (lactones) is 1. The molecule has 0 aliphatic carbocycles. The number of halogens is 1. The summed E-state index contributed by atoms with van der Waals surface area (Å²) in [6, 6.07) is 20.9. The van der Waals surface area contributed by atoms with E-state index in [1.165, 1.54) is 12.1 Å². The normalized spacial score (nSPS) is 14.3. The molecule has 1 aliphatic rings. The molecule has 1 aliphatic heterocycles. The monoisotopic (exact) mass is 526 g/mol. The van der Waals surface area contributed by atoms with E-state index in [4.69, 9.17) is 9.47 Å². The van der Waals surface area contributed by atoms with Crippen LogP contribution in [0.1, 0.15) is 16.7 Å². The maximum absolute atomic E-state index is 12.1. The van der Waals surface area contributed by atoms with Gasteiger partial charge in [-0.3, -0.25) is 10.1 Å². The topological polar surface area (TPSA) is 91.0 Å². The van der Waals surface area contributed by atoms with Crippen LogP contribution in [-0.2, 0) is 16.1 Å². The summed E-state index contributed by atoms with van der Waals surface area (Å²) in [4.78, 5) is 26.7. The molecule has 8 heteroatoms. The van der Waals surface area contributed by atoms with E-state index in [0.29, 0.717) is 5.75 Å². The summed E-state index contributed by atoms with van der Waals surface area (Å²) >= 11 is 2.20. The third-order valence-corrected chi connectivity index (χ3v) is 5.17. The predicted octanol–water partition coefficient (Wildman–Crippen LogP) is 5.12. The third-order valence-electron chi connectivity index (χ3n) is 4.45. The Morgan fingerprint density at radius 3 is 2.32 bits per heavy atom. The number of nitro benzene ring substituents is 1. The number of aliphatic imine (C=N–C) groups is 1. The number of hydrogen-bond acceptors (Lipinski definition) is 6. The van der Waals surface area contributed by atoms with E-state index in [2.05, 4.69) is 27.6 Å². The number of benzene rings is 3. The maximum atomic E-state index is 12.1. The van der Waals surface area contributed by atoms with Crippen LogP contribution in [0.15, 0.2) is 83.5 Å². The second-order valence-electron chi connectivity index (χ2n) is 6.62. The van der Waals surface area contributed by atoms with Gasteiger partial charge in [0.05, 0.1) is 4.92 Å². The number of rotatable bonds is 6. The van der Waals surface area contributed by atoms with E-state index >= 15 is 0 Å². The Balaban J connectivity index is 1.41. The highest BCUT2D eigenvalue weighted by atomic mass is 127. The molecule has 0 atom stereocenters. The average molecular weight is 526 g/mol. The first-order valence-electron chi connectivity index (χ1n) is 9.23. The van der Waals surface area contributed by atoms with Gasteiger partial charge < -0.3 is 9.47 Å². The van der Waals surface area contributed by atoms with E-state index in [1.54, 1.807) is 30.3 Å². The molecule has 0 fully saturated rings. The fraction of sp³-hybridized carbons (Fsp3) is 0.0435. The minimum Gasteiger partial charge on any atom is -0.489 e. The van der Waals surface area contributed by atoms with E-state index in [-0.39, 0.29) is 23.9 Å². The zero-order valence-electron chi connectivity index (χ0n) is 16.0. The second-order valence-corrected chi connectivity index (χ2v) is 7.87. The highest BCUT2D eigenvalue weighted by Crippen LogP contribution is 2.22. The molecule has 0 amide bonds. The molecule has 0 aromatic heterocycles. The summed E-state index contributed by atoms with van der Waals surface area (Å²) in [5.41, 5.74) is 2.62. The third kappa shape index (κ3) is 5.15. The molecule has 0 bridgehead atoms. The van der Waals surface area contributed by atoms with Crippen LogP contribution in [0.3, 0.4) is 0 Å². The first-order chi connectivity index (χ1) is 15.0. The fourth-order valence-corrected chi connectivity index (χ4v) is 3.18. The minimum atomic E-state index is -0.493. The van der Waals surface area contributed by atoms with Crippen LogP contribution in [-0.4, -0.2) is 16.8 Å². The van der Waals surface area contributed by atoms with Gasteiger partial charge in [-0.2, -0.15) is 0 Å². The Bertz CT molecular complexity index is 1180. The number of nitrogens with zero attached hydrogens (tertiary/aromatic N) is 2. The molecule has 3 aromatic carbocycles. The predicted molar refractivity (Wildman–Crippen MR) is 124 cm³/mol. The first-order valence-corrected chi connectivity index (χ1v) is 10.3. The Labute approximate surface area is 191 Å². The zero-order valence-corrected chi connectivity index (χ0v) is 18.2. The molecule has 0 saturated heterocycles. The van der Waals surface area contributed by atoms with Crippen molar-refractivity contribution in [3.05, 3.63) is 109 Å². The molecule has 0 spiro atoms. The van der Waals surface area contributed by atoms with Crippen LogP contribution in [0, 0.1) is 13.7 Å². The highest BCUT2D eigenvalue weighted by Gasteiger charge is 2.24. The molecule has 0 N–H and O–H groups in total. The number of nitro groups is 1. The summed E-state index contributed by atoms with van der Waals surface area (Å²) < 4.78 is 12.1. The second kappa shape index (κ2) is 9.09. The summed E-state index contributed by atoms with van der Waals surface area (Å²) in [6.07, 6.45) is 1.65. The van der Waals surface area contributed by atoms with Crippen LogP contribution < -0.4 is 4.74 Å². The Morgan fingerprint density at radius 1 is 1.00 bits per heavy atom. The Hall–Kier alpha value is -3.53. The van der Waals surface area contributed by atoms with Crippen molar-refractivity contribution in [2.45, 2.75) is 6.61 Å². The highest BCUT2D eigenvalue weighted by molar-refractivity contribution is 14.1. The standard InChI is InChI=1S/C23H15IN2O5/c24-18-7-5-17(6-8-18)22-25-21(23(27)31-22)13-15-3-11-20(12-4-15)30-14-16-1-9-19(10-2-16)26(28)29/h1-13H,14H2/b21-13-. The first kappa shape index (κ1) is 20.7. The lowest BCUT2D eigenvalue weighted by atomic mass is 10.2. The number of carbonyl (C=O) groups excluding carboxylic acids is 1. The van der Waals surface area contributed by atoms with Gasteiger partial charge in [0, 0.05) is 21.3 Å². The van der Waals surface area contributed by atoms with Gasteiger partial charge >= 0.3 is 5.97 Å². The van der Waals surface area contributed by atoms with Crippen molar-refractivity contribution in [2.24, 2.45) is 4.99 Å². The molecule has 0 radical (unpaired) electrons. The van der Waals surface area contributed by atoms with E-state index < -0.39 is 10.9 Å². The van der Waals surface area contributed by atoms with E-state index in [9.17, 15) is 14.9 Å². The maximum Gasteiger partial charge on any atom is 0.363 e. The van der Waals surface area contributed by atoms with Gasteiger partial charge in [-0.15, -0.1) is 0 Å².